The second-order valence-electron chi connectivity index (χ2n) is 8.15. The van der Waals surface area contributed by atoms with Crippen LogP contribution in [-0.4, -0.2) is 61.4 Å². The van der Waals surface area contributed by atoms with Crippen molar-refractivity contribution in [3.63, 3.8) is 0 Å². The minimum atomic E-state index is -0.562. The maximum atomic E-state index is 12.7. The van der Waals surface area contributed by atoms with Crippen LogP contribution in [0.4, 0.5) is 0 Å². The van der Waals surface area contributed by atoms with Gasteiger partial charge >= 0.3 is 0 Å². The number of likely N-dealkylation sites (tertiary alicyclic amines) is 1. The van der Waals surface area contributed by atoms with Crippen LogP contribution in [0.5, 0.6) is 5.75 Å². The highest BCUT2D eigenvalue weighted by Gasteiger charge is 2.43. The van der Waals surface area contributed by atoms with E-state index < -0.39 is 6.10 Å². The Kier molecular flexibility index (Phi) is 5.74. The molecule has 0 radical (unpaired) electrons. The van der Waals surface area contributed by atoms with Crippen LogP contribution in [0.25, 0.3) is 0 Å². The van der Waals surface area contributed by atoms with Gasteiger partial charge in [-0.25, -0.2) is 4.68 Å². The molecule has 8 nitrogen and oxygen atoms in total. The quantitative estimate of drug-likeness (QED) is 0.796. The lowest BCUT2D eigenvalue weighted by molar-refractivity contribution is -0.130. The molecule has 0 unspecified atom stereocenters. The minimum Gasteiger partial charge on any atom is -0.486 e. The number of fused-ring (bicyclic) bond motifs is 1. The number of benzene rings is 1. The maximum absolute atomic E-state index is 12.7. The number of rotatable bonds is 5. The van der Waals surface area contributed by atoms with Gasteiger partial charge in [0.2, 0.25) is 5.91 Å². The van der Waals surface area contributed by atoms with Gasteiger partial charge in [-0.2, -0.15) is 0 Å². The summed E-state index contributed by atoms with van der Waals surface area (Å²) in [6.07, 6.45) is 0.843. The Bertz CT molecular complexity index is 889. The highest BCUT2D eigenvalue weighted by Crippen LogP contribution is 2.39. The monoisotopic (exact) mass is 419 g/mol. The van der Waals surface area contributed by atoms with E-state index >= 15 is 0 Å². The average molecular weight is 420 g/mol. The van der Waals surface area contributed by atoms with Crippen LogP contribution in [0.15, 0.2) is 18.2 Å². The van der Waals surface area contributed by atoms with Gasteiger partial charge in [0.15, 0.2) is 0 Å². The van der Waals surface area contributed by atoms with Crippen LogP contribution < -0.4 is 4.74 Å². The van der Waals surface area contributed by atoms with Crippen molar-refractivity contribution in [1.82, 2.24) is 25.1 Å². The van der Waals surface area contributed by atoms with E-state index in [4.69, 9.17) is 16.3 Å². The lowest BCUT2D eigenvalue weighted by atomic mass is 9.78. The first-order valence-electron chi connectivity index (χ1n) is 10.0. The summed E-state index contributed by atoms with van der Waals surface area (Å²) in [7, 11) is 0. The number of nitrogens with zero attached hydrogens (tertiary/aromatic N) is 5. The van der Waals surface area contributed by atoms with Crippen LogP contribution in [0.2, 0.25) is 5.02 Å². The number of amides is 1. The van der Waals surface area contributed by atoms with Crippen LogP contribution >= 0.6 is 11.6 Å². The molecule has 4 atom stereocenters. The molecule has 1 amide bonds. The summed E-state index contributed by atoms with van der Waals surface area (Å²) >= 11 is 6.29. The Morgan fingerprint density at radius 1 is 1.28 bits per heavy atom. The fraction of sp³-hybridized carbons (Fsp3) is 0.600. The second kappa shape index (κ2) is 8.28. The first kappa shape index (κ1) is 20.1. The highest BCUT2D eigenvalue weighted by molar-refractivity contribution is 6.32. The van der Waals surface area contributed by atoms with Crippen molar-refractivity contribution in [2.24, 2.45) is 11.8 Å². The molecule has 1 aliphatic heterocycles. The molecule has 156 valence electrons. The molecular weight excluding hydrogens is 394 g/mol. The summed E-state index contributed by atoms with van der Waals surface area (Å²) < 4.78 is 7.69. The molecule has 2 aromatic rings. The van der Waals surface area contributed by atoms with Crippen LogP contribution in [0.3, 0.4) is 0 Å². The van der Waals surface area contributed by atoms with Crippen molar-refractivity contribution in [3.05, 3.63) is 34.6 Å². The third-order valence-corrected chi connectivity index (χ3v) is 6.35. The van der Waals surface area contributed by atoms with E-state index in [9.17, 15) is 9.90 Å². The highest BCUT2D eigenvalue weighted by atomic mass is 35.5. The number of aryl methyl sites for hydroxylation is 3. The topological polar surface area (TPSA) is 93.4 Å². The van der Waals surface area contributed by atoms with Crippen LogP contribution in [0.1, 0.15) is 30.7 Å². The van der Waals surface area contributed by atoms with Crippen LogP contribution in [0, 0.1) is 25.7 Å². The molecule has 2 heterocycles. The number of aliphatic hydroxyl groups excluding tert-OH is 1. The third kappa shape index (κ3) is 4.38. The number of aliphatic hydroxyl groups is 1. The summed E-state index contributed by atoms with van der Waals surface area (Å²) in [6, 6.07) is 5.65. The molecule has 1 saturated heterocycles. The predicted octanol–water partition coefficient (Wildman–Crippen LogP) is 2.01. The molecule has 1 N–H and O–H groups in total. The maximum Gasteiger partial charge on any atom is 0.224 e. The summed E-state index contributed by atoms with van der Waals surface area (Å²) in [5, 5.41) is 22.5. The summed E-state index contributed by atoms with van der Waals surface area (Å²) in [5.41, 5.74) is 1.06. The number of carbonyl (C=O) groups excluding carboxylic acids is 1. The van der Waals surface area contributed by atoms with Crippen molar-refractivity contribution in [3.8, 4) is 5.75 Å². The molecule has 0 bridgehead atoms. The number of hydrogen-bond donors (Lipinski definition) is 1. The van der Waals surface area contributed by atoms with Gasteiger partial charge in [-0.15, -0.1) is 5.10 Å². The van der Waals surface area contributed by atoms with Gasteiger partial charge in [-0.1, -0.05) is 17.7 Å². The SMILES string of the molecule is Cc1ccc(O[C@@H]2C[C@@H]3CN(C(=O)CCn4nnnc4C)C[C@@H]3C[C@H]2O)c(Cl)c1. The van der Waals surface area contributed by atoms with Crippen molar-refractivity contribution in [1.29, 1.82) is 0 Å². The zero-order chi connectivity index (χ0) is 20.5. The Morgan fingerprint density at radius 3 is 2.72 bits per heavy atom. The zero-order valence-electron chi connectivity index (χ0n) is 16.7. The Labute approximate surface area is 174 Å². The van der Waals surface area contributed by atoms with Crippen molar-refractivity contribution < 1.29 is 14.6 Å². The van der Waals surface area contributed by atoms with E-state index in [2.05, 4.69) is 15.5 Å². The molecule has 4 rings (SSSR count). The number of hydrogen-bond acceptors (Lipinski definition) is 6. The van der Waals surface area contributed by atoms with Gasteiger partial charge < -0.3 is 14.7 Å². The summed E-state index contributed by atoms with van der Waals surface area (Å²) in [4.78, 5) is 14.6. The Hall–Kier alpha value is -2.19. The minimum absolute atomic E-state index is 0.0998. The van der Waals surface area contributed by atoms with Crippen LogP contribution in [-0.2, 0) is 11.3 Å². The first-order chi connectivity index (χ1) is 13.9. The molecule has 1 saturated carbocycles. The van der Waals surface area contributed by atoms with E-state index in [0.717, 1.165) is 5.56 Å². The number of aromatic nitrogens is 4. The molecule has 0 spiro atoms. The second-order valence-corrected chi connectivity index (χ2v) is 8.55. The smallest absolute Gasteiger partial charge is 0.224 e. The van der Waals surface area contributed by atoms with Gasteiger partial charge in [0.1, 0.15) is 17.7 Å². The van der Waals surface area contributed by atoms with E-state index in [0.29, 0.717) is 67.3 Å². The van der Waals surface area contributed by atoms with Gasteiger partial charge in [-0.05, 0) is 66.6 Å². The molecule has 1 aromatic heterocycles. The molecule has 1 aliphatic carbocycles. The molecule has 2 fully saturated rings. The predicted molar refractivity (Wildman–Crippen MR) is 107 cm³/mol. The Morgan fingerprint density at radius 2 is 2.03 bits per heavy atom. The normalized spacial score (nSPS) is 26.4. The first-order valence-corrected chi connectivity index (χ1v) is 10.4. The lowest BCUT2D eigenvalue weighted by Crippen LogP contribution is -2.42. The number of ether oxygens (including phenoxy) is 1. The molecule has 9 heteroatoms. The third-order valence-electron chi connectivity index (χ3n) is 6.05. The molecule has 1 aromatic carbocycles. The number of halogens is 1. The van der Waals surface area contributed by atoms with Gasteiger partial charge in [0, 0.05) is 19.5 Å². The van der Waals surface area contributed by atoms with E-state index in [-0.39, 0.29) is 12.0 Å². The lowest BCUT2D eigenvalue weighted by Gasteiger charge is -2.35. The average Bonchev–Trinajstić information content (AvgIpc) is 3.27. The molecular formula is C20H26ClN5O3. The molecule has 2 aliphatic rings. The largest absolute Gasteiger partial charge is 0.486 e. The fourth-order valence-corrected chi connectivity index (χ4v) is 4.68. The number of tetrazole rings is 1. The Balaban J connectivity index is 1.34. The van der Waals surface area contributed by atoms with Gasteiger partial charge in [0.05, 0.1) is 17.7 Å². The summed E-state index contributed by atoms with van der Waals surface area (Å²) in [5.74, 6) is 2.03. The standard InChI is InChI=1S/C20H26ClN5O3/c1-12-3-4-18(16(21)7-12)29-19-9-15-11-25(10-14(15)8-17(19)27)20(28)5-6-26-13(2)22-23-24-26/h3-4,7,14-15,17,19,27H,5-6,8-11H2,1-2H3/t14-,15+,17+,19+/m0/s1. The number of carbonyl (C=O) groups is 1. The van der Waals surface area contributed by atoms with Gasteiger partial charge in [0.25, 0.3) is 0 Å². The van der Waals surface area contributed by atoms with Crippen molar-refractivity contribution >= 4 is 17.5 Å². The zero-order valence-corrected chi connectivity index (χ0v) is 17.4. The van der Waals surface area contributed by atoms with E-state index in [1.54, 1.807) is 4.68 Å². The van der Waals surface area contributed by atoms with Crippen molar-refractivity contribution in [2.45, 2.75) is 51.9 Å². The van der Waals surface area contributed by atoms with Gasteiger partial charge in [-0.3, -0.25) is 4.79 Å². The molecule has 29 heavy (non-hydrogen) atoms. The summed E-state index contributed by atoms with van der Waals surface area (Å²) in [6.45, 7) is 5.65. The fourth-order valence-electron chi connectivity index (χ4n) is 4.40. The van der Waals surface area contributed by atoms with E-state index in [1.165, 1.54) is 0 Å². The van der Waals surface area contributed by atoms with E-state index in [1.807, 2.05) is 36.9 Å². The van der Waals surface area contributed by atoms with Crippen molar-refractivity contribution in [2.75, 3.05) is 13.1 Å².